The van der Waals surface area contributed by atoms with E-state index >= 15 is 4.39 Å². The van der Waals surface area contributed by atoms with Crippen LogP contribution >= 0.6 is 11.6 Å². The number of carbonyl (C=O) groups excluding carboxylic acids is 4. The van der Waals surface area contributed by atoms with Crippen molar-refractivity contribution in [1.82, 2.24) is 24.5 Å². The number of anilines is 1. The molecule has 0 spiro atoms. The van der Waals surface area contributed by atoms with E-state index in [0.717, 1.165) is 17.7 Å². The number of hydrogen-bond acceptors (Lipinski definition) is 9. The van der Waals surface area contributed by atoms with E-state index in [0.29, 0.717) is 72.4 Å². The number of piperazine rings is 1. The second-order valence-electron chi connectivity index (χ2n) is 15.0. The Hall–Kier alpha value is -5.69. The molecule has 2 atom stereocenters. The molecular formula is C42H41ClFN7O7. The number of carbonyl (C=O) groups is 4. The van der Waals surface area contributed by atoms with Crippen molar-refractivity contribution in [2.24, 2.45) is 5.92 Å². The summed E-state index contributed by atoms with van der Waals surface area (Å²) in [6, 6.07) is 15.3. The molecule has 1 aliphatic carbocycles. The second-order valence-corrected chi connectivity index (χ2v) is 15.4. The monoisotopic (exact) mass is 809 g/mol. The number of halogens is 2. The van der Waals surface area contributed by atoms with Crippen LogP contribution < -0.4 is 10.5 Å². The maximum atomic E-state index is 15.1. The number of fused-ring (bicyclic) bond motifs is 2. The van der Waals surface area contributed by atoms with Gasteiger partial charge in [-0.25, -0.2) is 18.8 Å². The first-order valence-electron chi connectivity index (χ1n) is 19.4. The number of nitrogens with zero attached hydrogens (tertiary/aromatic N) is 7. The predicted octanol–water partition coefficient (Wildman–Crippen LogP) is 4.30. The molecule has 0 radical (unpaired) electrons. The maximum Gasteiger partial charge on any atom is 0.332 e. The van der Waals surface area contributed by atoms with Gasteiger partial charge in [0.05, 0.1) is 65.4 Å². The van der Waals surface area contributed by atoms with Crippen LogP contribution in [-0.2, 0) is 32.0 Å². The smallest absolute Gasteiger partial charge is 0.332 e. The van der Waals surface area contributed by atoms with Crippen LogP contribution in [0.5, 0.6) is 0 Å². The molecular weight excluding hydrogens is 769 g/mol. The van der Waals surface area contributed by atoms with Crippen molar-refractivity contribution in [3.8, 4) is 6.07 Å². The van der Waals surface area contributed by atoms with Gasteiger partial charge < -0.3 is 24.2 Å². The molecule has 3 aromatic carbocycles. The average molecular weight is 810 g/mol. The molecule has 4 aliphatic rings. The second kappa shape index (κ2) is 16.3. The molecule has 1 unspecified atom stereocenters. The summed E-state index contributed by atoms with van der Waals surface area (Å²) >= 11 is 6.33. The lowest BCUT2D eigenvalue weighted by molar-refractivity contribution is -0.134. The molecule has 58 heavy (non-hydrogen) atoms. The number of hydrogen-bond donors (Lipinski definition) is 0. The standard InChI is InChI=1S/C42H41ClFN7O7/c1-25-34(11-9-28(24-45)36(25)43)51-41(55)37-35(12-13-49(37)42(51)56)58-21-20-57-19-18-50-40(54)30-5-3-2-4-29(30)33(46-50)23-26-6-10-32(44)31(22-26)39(53)48-16-14-47(15-17-48)38(52)27-7-8-27/h2-6,9-11,22,27,35,37H,7-8,12-21,23H2,1H3/t35?,37-/m0/s1. The van der Waals surface area contributed by atoms with Crippen LogP contribution in [-0.4, -0.2) is 113 Å². The molecule has 4 fully saturated rings. The highest BCUT2D eigenvalue weighted by Gasteiger charge is 2.53. The Kier molecular flexibility index (Phi) is 11.0. The fraction of sp³-hybridized carbons (Fsp3) is 0.405. The first-order valence-corrected chi connectivity index (χ1v) is 19.8. The van der Waals surface area contributed by atoms with E-state index in [1.54, 1.807) is 41.0 Å². The fourth-order valence-corrected chi connectivity index (χ4v) is 8.25. The normalized spacial score (nSPS) is 19.3. The number of aromatic nitrogens is 2. The Balaban J connectivity index is 0.876. The molecule has 8 rings (SSSR count). The van der Waals surface area contributed by atoms with Crippen LogP contribution in [0, 0.1) is 30.0 Å². The summed E-state index contributed by atoms with van der Waals surface area (Å²) in [5, 5.41) is 15.3. The Morgan fingerprint density at radius 3 is 2.41 bits per heavy atom. The largest absolute Gasteiger partial charge is 0.377 e. The third-order valence-corrected chi connectivity index (χ3v) is 11.8. The zero-order chi connectivity index (χ0) is 40.7. The minimum absolute atomic E-state index is 0.0504. The highest BCUT2D eigenvalue weighted by molar-refractivity contribution is 6.33. The number of imide groups is 1. The summed E-state index contributed by atoms with van der Waals surface area (Å²) in [5.41, 5.74) is 1.92. The number of nitriles is 1. The summed E-state index contributed by atoms with van der Waals surface area (Å²) in [5.74, 6) is -1.24. The molecule has 5 amide bonds. The predicted molar refractivity (Wildman–Crippen MR) is 210 cm³/mol. The molecule has 0 N–H and O–H groups in total. The van der Waals surface area contributed by atoms with Gasteiger partial charge in [0.1, 0.15) is 17.9 Å². The molecule has 3 aliphatic heterocycles. The van der Waals surface area contributed by atoms with Gasteiger partial charge in [-0.1, -0.05) is 35.9 Å². The van der Waals surface area contributed by atoms with E-state index in [-0.39, 0.29) is 66.3 Å². The minimum atomic E-state index is -0.797. The quantitative estimate of drug-likeness (QED) is 0.150. The van der Waals surface area contributed by atoms with Gasteiger partial charge in [0.15, 0.2) is 0 Å². The van der Waals surface area contributed by atoms with Crippen LogP contribution in [0.4, 0.5) is 14.9 Å². The summed E-state index contributed by atoms with van der Waals surface area (Å²) < 4.78 is 28.3. The van der Waals surface area contributed by atoms with Gasteiger partial charge in [0, 0.05) is 50.4 Å². The van der Waals surface area contributed by atoms with E-state index in [1.165, 1.54) is 27.8 Å². The molecule has 0 bridgehead atoms. The van der Waals surface area contributed by atoms with Crippen LogP contribution in [0.1, 0.15) is 52.0 Å². The Morgan fingerprint density at radius 2 is 1.67 bits per heavy atom. The van der Waals surface area contributed by atoms with Crippen LogP contribution in [0.15, 0.2) is 59.4 Å². The summed E-state index contributed by atoms with van der Waals surface area (Å²) in [6.45, 7) is 4.09. The number of rotatable bonds is 12. The van der Waals surface area contributed by atoms with E-state index in [9.17, 15) is 29.2 Å². The van der Waals surface area contributed by atoms with Gasteiger partial charge in [-0.05, 0) is 67.6 Å². The fourth-order valence-electron chi connectivity index (χ4n) is 8.05. The summed E-state index contributed by atoms with van der Waals surface area (Å²) in [7, 11) is 0. The highest BCUT2D eigenvalue weighted by atomic mass is 35.5. The summed E-state index contributed by atoms with van der Waals surface area (Å²) in [4.78, 5) is 72.2. The first-order chi connectivity index (χ1) is 28.0. The van der Waals surface area contributed by atoms with Crippen molar-refractivity contribution < 1.29 is 33.0 Å². The van der Waals surface area contributed by atoms with Crippen molar-refractivity contribution in [2.75, 3.05) is 57.4 Å². The lowest BCUT2D eigenvalue weighted by atomic mass is 10.0. The van der Waals surface area contributed by atoms with E-state index in [4.69, 9.17) is 21.1 Å². The molecule has 4 heterocycles. The molecule has 16 heteroatoms. The first kappa shape index (κ1) is 39.2. The number of urea groups is 1. The van der Waals surface area contributed by atoms with Crippen molar-refractivity contribution >= 4 is 51.8 Å². The third-order valence-electron chi connectivity index (χ3n) is 11.4. The number of ether oxygens (including phenoxy) is 2. The van der Waals surface area contributed by atoms with E-state index < -0.39 is 35.8 Å². The van der Waals surface area contributed by atoms with Gasteiger partial charge >= 0.3 is 6.03 Å². The Morgan fingerprint density at radius 1 is 0.931 bits per heavy atom. The highest BCUT2D eigenvalue weighted by Crippen LogP contribution is 2.37. The topological polar surface area (TPSA) is 158 Å². The van der Waals surface area contributed by atoms with Gasteiger partial charge in [0.2, 0.25) is 5.91 Å². The molecule has 1 aromatic heterocycles. The van der Waals surface area contributed by atoms with Crippen LogP contribution in [0.3, 0.4) is 0 Å². The van der Waals surface area contributed by atoms with Gasteiger partial charge in [-0.3, -0.25) is 19.2 Å². The SMILES string of the molecule is Cc1c(N2C(=O)[C@@H]3C(OCCOCCn4nc(Cc5ccc(F)c(C(=O)N6CCN(C(=O)C7CC7)CC6)c5)c5ccccc5c4=O)CCN3C2=O)ccc(C#N)c1Cl. The number of amides is 5. The van der Waals surface area contributed by atoms with Crippen molar-refractivity contribution in [2.45, 2.75) is 51.3 Å². The van der Waals surface area contributed by atoms with E-state index in [1.807, 2.05) is 18.2 Å². The van der Waals surface area contributed by atoms with Crippen molar-refractivity contribution in [1.29, 1.82) is 5.26 Å². The molecule has 3 saturated heterocycles. The lowest BCUT2D eigenvalue weighted by Crippen LogP contribution is -2.51. The van der Waals surface area contributed by atoms with Crippen LogP contribution in [0.2, 0.25) is 5.02 Å². The average Bonchev–Trinajstić information content (AvgIpc) is 3.96. The molecule has 4 aromatic rings. The maximum absolute atomic E-state index is 15.1. The van der Waals surface area contributed by atoms with Crippen molar-refractivity contribution in [3.63, 3.8) is 0 Å². The summed E-state index contributed by atoms with van der Waals surface area (Å²) in [6.07, 6.45) is 2.00. The van der Waals surface area contributed by atoms with Gasteiger partial charge in [-0.15, -0.1) is 0 Å². The Bertz CT molecular complexity index is 2420. The van der Waals surface area contributed by atoms with Gasteiger partial charge in [-0.2, -0.15) is 10.4 Å². The zero-order valence-electron chi connectivity index (χ0n) is 31.9. The lowest BCUT2D eigenvalue weighted by Gasteiger charge is -2.35. The zero-order valence-corrected chi connectivity index (χ0v) is 32.6. The van der Waals surface area contributed by atoms with Crippen LogP contribution in [0.25, 0.3) is 10.8 Å². The third kappa shape index (κ3) is 7.43. The molecule has 14 nitrogen and oxygen atoms in total. The number of benzene rings is 3. The van der Waals surface area contributed by atoms with Gasteiger partial charge in [0.25, 0.3) is 17.4 Å². The molecule has 300 valence electrons. The minimum Gasteiger partial charge on any atom is -0.377 e. The van der Waals surface area contributed by atoms with Crippen molar-refractivity contribution in [3.05, 3.63) is 104 Å². The Labute approximate surface area is 338 Å². The van der Waals surface area contributed by atoms with E-state index in [2.05, 4.69) is 5.10 Å². The molecule has 1 saturated carbocycles.